The summed E-state index contributed by atoms with van der Waals surface area (Å²) >= 11 is 0. The molecule has 0 radical (unpaired) electrons. The number of aryl methyl sites for hydroxylation is 1. The van der Waals surface area contributed by atoms with Crippen molar-refractivity contribution < 1.29 is 9.53 Å². The summed E-state index contributed by atoms with van der Waals surface area (Å²) < 4.78 is 6.94. The lowest BCUT2D eigenvalue weighted by Gasteiger charge is -2.14. The number of aromatic nitrogens is 3. The molecule has 3 aromatic rings. The van der Waals surface area contributed by atoms with E-state index in [4.69, 9.17) is 4.74 Å². The van der Waals surface area contributed by atoms with Crippen LogP contribution in [0, 0.1) is 6.92 Å². The van der Waals surface area contributed by atoms with Gasteiger partial charge in [-0.15, -0.1) is 5.10 Å². The highest BCUT2D eigenvalue weighted by Gasteiger charge is 2.18. The van der Waals surface area contributed by atoms with Crippen molar-refractivity contribution in [2.75, 3.05) is 6.61 Å². The SMILES string of the molecule is CCOC(=O)c1ccc(-c2cccc(C)c2-n2cc(C[Si](C)(C)C)nn2)cc1. The second-order valence-corrected chi connectivity index (χ2v) is 13.6. The molecule has 146 valence electrons. The van der Waals surface area contributed by atoms with E-state index in [1.165, 1.54) is 0 Å². The van der Waals surface area contributed by atoms with Crippen molar-refractivity contribution in [1.82, 2.24) is 15.0 Å². The third-order valence-electron chi connectivity index (χ3n) is 4.43. The molecule has 0 aliphatic heterocycles. The van der Waals surface area contributed by atoms with Crippen LogP contribution in [0.4, 0.5) is 0 Å². The van der Waals surface area contributed by atoms with Gasteiger partial charge in [-0.1, -0.05) is 55.2 Å². The molecule has 0 saturated heterocycles. The Morgan fingerprint density at radius 1 is 1.11 bits per heavy atom. The second kappa shape index (κ2) is 8.10. The van der Waals surface area contributed by atoms with E-state index in [9.17, 15) is 4.79 Å². The van der Waals surface area contributed by atoms with Gasteiger partial charge in [-0.05, 0) is 43.2 Å². The number of ether oxygens (including phenoxy) is 1. The highest BCUT2D eigenvalue weighted by atomic mass is 28.3. The number of hydrogen-bond acceptors (Lipinski definition) is 4. The van der Waals surface area contributed by atoms with Gasteiger partial charge in [0.1, 0.15) is 0 Å². The fourth-order valence-corrected chi connectivity index (χ4v) is 4.48. The fraction of sp³-hybridized carbons (Fsp3) is 0.318. The minimum Gasteiger partial charge on any atom is -0.462 e. The monoisotopic (exact) mass is 393 g/mol. The van der Waals surface area contributed by atoms with Crippen molar-refractivity contribution in [3.05, 3.63) is 65.5 Å². The van der Waals surface area contributed by atoms with Gasteiger partial charge in [-0.3, -0.25) is 0 Å². The van der Waals surface area contributed by atoms with E-state index in [1.54, 1.807) is 19.1 Å². The maximum absolute atomic E-state index is 11.9. The lowest BCUT2D eigenvalue weighted by molar-refractivity contribution is 0.0526. The van der Waals surface area contributed by atoms with Crippen LogP contribution in [0.3, 0.4) is 0 Å². The molecule has 6 heteroatoms. The van der Waals surface area contributed by atoms with Crippen molar-refractivity contribution in [2.24, 2.45) is 0 Å². The van der Waals surface area contributed by atoms with Crippen molar-refractivity contribution >= 4 is 14.0 Å². The molecule has 2 aromatic carbocycles. The normalized spacial score (nSPS) is 11.5. The van der Waals surface area contributed by atoms with Crippen molar-refractivity contribution in [3.63, 3.8) is 0 Å². The molecule has 0 bridgehead atoms. The molecule has 0 N–H and O–H groups in total. The number of nitrogens with zero attached hydrogens (tertiary/aromatic N) is 3. The first-order valence-corrected chi connectivity index (χ1v) is 13.3. The Labute approximate surface area is 167 Å². The van der Waals surface area contributed by atoms with Crippen molar-refractivity contribution in [2.45, 2.75) is 39.5 Å². The van der Waals surface area contributed by atoms with Crippen LogP contribution in [0.1, 0.15) is 28.5 Å². The van der Waals surface area contributed by atoms with Crippen LogP contribution < -0.4 is 0 Å². The molecule has 5 nitrogen and oxygen atoms in total. The summed E-state index contributed by atoms with van der Waals surface area (Å²) in [5.74, 6) is -0.300. The topological polar surface area (TPSA) is 57.0 Å². The average Bonchev–Trinajstić information content (AvgIpc) is 3.08. The van der Waals surface area contributed by atoms with Crippen LogP contribution in [0.25, 0.3) is 16.8 Å². The summed E-state index contributed by atoms with van der Waals surface area (Å²) in [5.41, 5.74) is 5.80. The highest BCUT2D eigenvalue weighted by molar-refractivity contribution is 6.75. The largest absolute Gasteiger partial charge is 0.462 e. The Bertz CT molecular complexity index is 972. The van der Waals surface area contributed by atoms with E-state index >= 15 is 0 Å². The molecule has 0 saturated carbocycles. The smallest absolute Gasteiger partial charge is 0.338 e. The highest BCUT2D eigenvalue weighted by Crippen LogP contribution is 2.29. The van der Waals surface area contributed by atoms with Crippen molar-refractivity contribution in [3.8, 4) is 16.8 Å². The van der Waals surface area contributed by atoms with Gasteiger partial charge in [-0.2, -0.15) is 0 Å². The average molecular weight is 394 g/mol. The lowest BCUT2D eigenvalue weighted by atomic mass is 9.99. The molecule has 0 amide bonds. The summed E-state index contributed by atoms with van der Waals surface area (Å²) in [6, 6.07) is 14.7. The molecule has 1 aromatic heterocycles. The maximum Gasteiger partial charge on any atom is 0.338 e. The van der Waals surface area contributed by atoms with E-state index in [-0.39, 0.29) is 5.97 Å². The third kappa shape index (κ3) is 4.57. The Hall–Kier alpha value is -2.73. The van der Waals surface area contributed by atoms with Crippen molar-refractivity contribution in [1.29, 1.82) is 0 Å². The Morgan fingerprint density at radius 2 is 1.82 bits per heavy atom. The molecular formula is C22H27N3O2Si. The van der Waals surface area contributed by atoms with E-state index in [0.717, 1.165) is 34.1 Å². The van der Waals surface area contributed by atoms with Crippen LogP contribution in [0.15, 0.2) is 48.7 Å². The molecule has 3 rings (SSSR count). The first kappa shape index (κ1) is 20.0. The van der Waals surface area contributed by atoms with Gasteiger partial charge in [0.05, 0.1) is 37.8 Å². The van der Waals surface area contributed by atoms with E-state index in [0.29, 0.717) is 12.2 Å². The lowest BCUT2D eigenvalue weighted by Crippen LogP contribution is -2.24. The molecule has 0 atom stereocenters. The third-order valence-corrected chi connectivity index (χ3v) is 5.85. The van der Waals surface area contributed by atoms with Crippen LogP contribution >= 0.6 is 0 Å². The van der Waals surface area contributed by atoms with Gasteiger partial charge in [-0.25, -0.2) is 9.48 Å². The molecule has 1 heterocycles. The summed E-state index contributed by atoms with van der Waals surface area (Å²) in [5, 5.41) is 8.80. The van der Waals surface area contributed by atoms with Crippen LogP contribution in [0.5, 0.6) is 0 Å². The van der Waals surface area contributed by atoms with Gasteiger partial charge >= 0.3 is 5.97 Å². The Balaban J connectivity index is 1.98. The molecule has 0 aliphatic rings. The van der Waals surface area contributed by atoms with E-state index < -0.39 is 8.07 Å². The molecule has 0 unspecified atom stereocenters. The number of benzene rings is 2. The van der Waals surface area contributed by atoms with Crippen LogP contribution in [0.2, 0.25) is 19.6 Å². The standard InChI is InChI=1S/C22H27N3O2Si/c1-6-27-22(26)18-12-10-17(11-13-18)20-9-7-8-16(2)21(20)25-14-19(23-24-25)15-28(3,4)5/h7-14H,6,15H2,1-5H3. The zero-order valence-corrected chi connectivity index (χ0v) is 18.2. The molecule has 0 fully saturated rings. The van der Waals surface area contributed by atoms with Gasteiger partial charge in [0.2, 0.25) is 0 Å². The minimum absolute atomic E-state index is 0.300. The first-order chi connectivity index (χ1) is 13.3. The quantitative estimate of drug-likeness (QED) is 0.444. The number of esters is 1. The van der Waals surface area contributed by atoms with Gasteiger partial charge in [0, 0.05) is 5.56 Å². The summed E-state index contributed by atoms with van der Waals surface area (Å²) in [6.45, 7) is 11.2. The number of para-hydroxylation sites is 1. The Morgan fingerprint density at radius 3 is 2.46 bits per heavy atom. The maximum atomic E-state index is 11.9. The number of carbonyl (C=O) groups excluding carboxylic acids is 1. The Kier molecular flexibility index (Phi) is 5.79. The molecule has 28 heavy (non-hydrogen) atoms. The number of hydrogen-bond donors (Lipinski definition) is 0. The molecule has 0 aliphatic carbocycles. The van der Waals surface area contributed by atoms with E-state index in [2.05, 4.69) is 49.0 Å². The van der Waals surface area contributed by atoms with Gasteiger partial charge in [0.15, 0.2) is 0 Å². The molecular weight excluding hydrogens is 366 g/mol. The molecule has 0 spiro atoms. The van der Waals surface area contributed by atoms with Gasteiger partial charge in [0.25, 0.3) is 0 Å². The van der Waals surface area contributed by atoms with E-state index in [1.807, 2.05) is 29.1 Å². The zero-order chi connectivity index (χ0) is 20.3. The second-order valence-electron chi connectivity index (χ2n) is 8.16. The zero-order valence-electron chi connectivity index (χ0n) is 17.2. The number of rotatable bonds is 6. The fourth-order valence-electron chi connectivity index (χ4n) is 3.23. The minimum atomic E-state index is -1.26. The predicted molar refractivity (Wildman–Crippen MR) is 115 cm³/mol. The summed E-state index contributed by atoms with van der Waals surface area (Å²) in [6.07, 6.45) is 2.04. The predicted octanol–water partition coefficient (Wildman–Crippen LogP) is 4.84. The summed E-state index contributed by atoms with van der Waals surface area (Å²) in [7, 11) is -1.26. The van der Waals surface area contributed by atoms with Crippen LogP contribution in [-0.4, -0.2) is 35.6 Å². The van der Waals surface area contributed by atoms with Crippen LogP contribution in [-0.2, 0) is 10.8 Å². The summed E-state index contributed by atoms with van der Waals surface area (Å²) in [4.78, 5) is 11.9. The number of carbonyl (C=O) groups is 1. The van der Waals surface area contributed by atoms with Gasteiger partial charge < -0.3 is 4.74 Å². The first-order valence-electron chi connectivity index (χ1n) is 9.57.